The molecule has 2 N–H and O–H groups in total. The van der Waals surface area contributed by atoms with Gasteiger partial charge in [0.05, 0.1) is 11.1 Å². The summed E-state index contributed by atoms with van der Waals surface area (Å²) in [6.45, 7) is 3.58. The lowest BCUT2D eigenvalue weighted by atomic mass is 10.1. The van der Waals surface area contributed by atoms with E-state index in [1.54, 1.807) is 13.8 Å². The summed E-state index contributed by atoms with van der Waals surface area (Å²) in [6, 6.07) is 8.40. The van der Waals surface area contributed by atoms with Gasteiger partial charge in [0.2, 0.25) is 0 Å². The Kier molecular flexibility index (Phi) is 5.95. The van der Waals surface area contributed by atoms with Gasteiger partial charge in [0.15, 0.2) is 0 Å². The molecule has 0 amide bonds. The zero-order chi connectivity index (χ0) is 19.3. The van der Waals surface area contributed by atoms with E-state index in [1.165, 1.54) is 36.4 Å². The zero-order valence-electron chi connectivity index (χ0n) is 14.3. The summed E-state index contributed by atoms with van der Waals surface area (Å²) < 4.78 is 10.2. The molecule has 0 aliphatic heterocycles. The van der Waals surface area contributed by atoms with Crippen molar-refractivity contribution in [1.29, 1.82) is 0 Å². The molecule has 0 radical (unpaired) electrons. The summed E-state index contributed by atoms with van der Waals surface area (Å²) in [7, 11) is 0. The van der Waals surface area contributed by atoms with Crippen LogP contribution in [-0.4, -0.2) is 28.3 Å². The Morgan fingerprint density at radius 3 is 1.46 bits per heavy atom. The monoisotopic (exact) mass is 358 g/mol. The van der Waals surface area contributed by atoms with Crippen molar-refractivity contribution >= 4 is 18.1 Å². The fourth-order valence-electron chi connectivity index (χ4n) is 2.48. The van der Waals surface area contributed by atoms with Crippen LogP contribution < -0.4 is 9.47 Å². The second-order valence-electron chi connectivity index (χ2n) is 5.41. The van der Waals surface area contributed by atoms with Crippen molar-refractivity contribution in [2.24, 2.45) is 0 Å². The first kappa shape index (κ1) is 19.0. The minimum Gasteiger partial charge on any atom is -0.478 e. The molecule has 2 rings (SSSR count). The molecule has 136 valence electrons. The maximum absolute atomic E-state index is 11.9. The molecule has 0 bridgehead atoms. The quantitative estimate of drug-likeness (QED) is 0.597. The minimum absolute atomic E-state index is 0.144. The molecular weight excluding hydrogens is 340 g/mol. The molecule has 0 saturated heterocycles. The van der Waals surface area contributed by atoms with E-state index >= 15 is 0 Å². The molecule has 2 aromatic rings. The van der Waals surface area contributed by atoms with Gasteiger partial charge in [-0.3, -0.25) is 0 Å². The second kappa shape index (κ2) is 8.15. The minimum atomic E-state index is -1.05. The maximum atomic E-state index is 11.9. The molecule has 7 nitrogen and oxygen atoms in total. The molecule has 0 unspecified atom stereocenters. The predicted octanol–water partition coefficient (Wildman–Crippen LogP) is 3.79. The normalized spacial score (nSPS) is 10.2. The first-order chi connectivity index (χ1) is 12.3. The fraction of sp³-hybridized carbons (Fsp3) is 0.211. The van der Waals surface area contributed by atoms with Crippen molar-refractivity contribution in [3.63, 3.8) is 0 Å². The lowest BCUT2D eigenvalue weighted by molar-refractivity contribution is 0.0685. The smallest absolute Gasteiger partial charge is 0.478 e. The van der Waals surface area contributed by atoms with Gasteiger partial charge < -0.3 is 19.7 Å². The van der Waals surface area contributed by atoms with Crippen LogP contribution in [0.4, 0.5) is 4.79 Å². The Morgan fingerprint density at radius 2 is 1.15 bits per heavy atom. The molecule has 0 spiro atoms. The topological polar surface area (TPSA) is 110 Å². The van der Waals surface area contributed by atoms with Crippen molar-refractivity contribution < 1.29 is 34.1 Å². The average Bonchev–Trinajstić information content (AvgIpc) is 2.60. The van der Waals surface area contributed by atoms with Crippen LogP contribution in [0.2, 0.25) is 0 Å². The molecule has 0 fully saturated rings. The van der Waals surface area contributed by atoms with Crippen LogP contribution >= 0.6 is 0 Å². The van der Waals surface area contributed by atoms with Crippen LogP contribution in [0.25, 0.3) is 0 Å². The maximum Gasteiger partial charge on any atom is 0.519 e. The number of rotatable bonds is 6. The van der Waals surface area contributed by atoms with Crippen LogP contribution in [-0.2, 0) is 12.8 Å². The third-order valence-corrected chi connectivity index (χ3v) is 3.78. The number of hydrogen-bond acceptors (Lipinski definition) is 5. The average molecular weight is 358 g/mol. The molecule has 2 aromatic carbocycles. The number of carboxylic acid groups (broad SMARTS) is 2. The summed E-state index contributed by atoms with van der Waals surface area (Å²) in [5, 5.41) is 18.2. The van der Waals surface area contributed by atoms with Gasteiger partial charge in [-0.15, -0.1) is 0 Å². The van der Waals surface area contributed by atoms with E-state index in [1.807, 2.05) is 0 Å². The van der Waals surface area contributed by atoms with E-state index in [0.29, 0.717) is 24.0 Å². The number of benzene rings is 2. The summed E-state index contributed by atoms with van der Waals surface area (Å²) in [4.78, 5) is 34.2. The van der Waals surface area contributed by atoms with Crippen molar-refractivity contribution in [3.05, 3.63) is 58.7 Å². The first-order valence-electron chi connectivity index (χ1n) is 7.97. The summed E-state index contributed by atoms with van der Waals surface area (Å²) in [6.07, 6.45) is -0.0744. The van der Waals surface area contributed by atoms with Gasteiger partial charge >= 0.3 is 18.1 Å². The Labute approximate surface area is 149 Å². The SMILES string of the molecule is CCc1cc(OC(=O)Oc2ccc(C(=O)O)c(CC)c2)ccc1C(=O)O. The second-order valence-corrected chi connectivity index (χ2v) is 5.41. The van der Waals surface area contributed by atoms with Crippen molar-refractivity contribution in [3.8, 4) is 11.5 Å². The highest BCUT2D eigenvalue weighted by atomic mass is 16.7. The number of carboxylic acids is 2. The number of aryl methyl sites for hydroxylation is 2. The number of aromatic carboxylic acids is 2. The third kappa shape index (κ3) is 4.38. The van der Waals surface area contributed by atoms with Crippen LogP contribution in [0, 0.1) is 0 Å². The molecular formula is C19H18O7. The summed E-state index contributed by atoms with van der Waals surface area (Å²) in [5.74, 6) is -1.78. The molecule has 0 aliphatic rings. The first-order valence-corrected chi connectivity index (χ1v) is 7.97. The van der Waals surface area contributed by atoms with E-state index in [9.17, 15) is 14.4 Å². The third-order valence-electron chi connectivity index (χ3n) is 3.78. The van der Waals surface area contributed by atoms with E-state index in [-0.39, 0.29) is 22.6 Å². The highest BCUT2D eigenvalue weighted by Crippen LogP contribution is 2.22. The lowest BCUT2D eigenvalue weighted by Crippen LogP contribution is -2.15. The molecule has 0 heterocycles. The predicted molar refractivity (Wildman–Crippen MR) is 92.2 cm³/mol. The fourth-order valence-corrected chi connectivity index (χ4v) is 2.48. The molecule has 0 aliphatic carbocycles. The van der Waals surface area contributed by atoms with Crippen molar-refractivity contribution in [2.45, 2.75) is 26.7 Å². The van der Waals surface area contributed by atoms with E-state index in [0.717, 1.165) is 0 Å². The van der Waals surface area contributed by atoms with Gasteiger partial charge in [-0.05, 0) is 60.4 Å². The molecule has 0 atom stereocenters. The van der Waals surface area contributed by atoms with Crippen LogP contribution in [0.15, 0.2) is 36.4 Å². The van der Waals surface area contributed by atoms with Crippen LogP contribution in [0.3, 0.4) is 0 Å². The van der Waals surface area contributed by atoms with Crippen molar-refractivity contribution in [2.75, 3.05) is 0 Å². The number of carbonyl (C=O) groups is 3. The van der Waals surface area contributed by atoms with E-state index < -0.39 is 18.1 Å². The standard InChI is InChI=1S/C19H18O7/c1-3-11-9-13(5-7-15(11)17(20)21)25-19(24)26-14-6-8-16(18(22)23)12(4-2)10-14/h5-10H,3-4H2,1-2H3,(H,20,21)(H,22,23). The van der Waals surface area contributed by atoms with E-state index in [2.05, 4.69) is 0 Å². The molecule has 0 saturated carbocycles. The van der Waals surface area contributed by atoms with Crippen LogP contribution in [0.1, 0.15) is 45.7 Å². The number of ether oxygens (including phenoxy) is 2. The lowest BCUT2D eigenvalue weighted by Gasteiger charge is -2.10. The Hall–Kier alpha value is -3.35. The Morgan fingerprint density at radius 1 is 0.769 bits per heavy atom. The largest absolute Gasteiger partial charge is 0.519 e. The Bertz CT molecular complexity index is 785. The van der Waals surface area contributed by atoms with Gasteiger partial charge in [-0.25, -0.2) is 14.4 Å². The van der Waals surface area contributed by atoms with Gasteiger partial charge in [0.1, 0.15) is 11.5 Å². The zero-order valence-corrected chi connectivity index (χ0v) is 14.3. The van der Waals surface area contributed by atoms with Gasteiger partial charge in [0.25, 0.3) is 0 Å². The van der Waals surface area contributed by atoms with Gasteiger partial charge in [0, 0.05) is 0 Å². The van der Waals surface area contributed by atoms with Gasteiger partial charge in [-0.2, -0.15) is 0 Å². The number of hydrogen-bond donors (Lipinski definition) is 2. The van der Waals surface area contributed by atoms with E-state index in [4.69, 9.17) is 19.7 Å². The molecule has 7 heteroatoms. The summed E-state index contributed by atoms with van der Waals surface area (Å²) in [5.41, 5.74) is 1.35. The van der Waals surface area contributed by atoms with Crippen LogP contribution in [0.5, 0.6) is 11.5 Å². The highest BCUT2D eigenvalue weighted by molar-refractivity contribution is 5.90. The highest BCUT2D eigenvalue weighted by Gasteiger charge is 2.15. The summed E-state index contributed by atoms with van der Waals surface area (Å²) >= 11 is 0. The Balaban J connectivity index is 2.14. The number of carbonyl (C=O) groups excluding carboxylic acids is 1. The molecule has 0 aromatic heterocycles. The van der Waals surface area contributed by atoms with Gasteiger partial charge in [-0.1, -0.05) is 13.8 Å². The van der Waals surface area contributed by atoms with Crippen molar-refractivity contribution in [1.82, 2.24) is 0 Å². The molecule has 26 heavy (non-hydrogen) atoms.